The van der Waals surface area contributed by atoms with Crippen LogP contribution in [0.5, 0.6) is 5.75 Å². The molecule has 0 aliphatic rings. The maximum Gasteiger partial charge on any atom is 0.122 e. The van der Waals surface area contributed by atoms with Gasteiger partial charge < -0.3 is 10.1 Å². The van der Waals surface area contributed by atoms with Crippen molar-refractivity contribution in [3.8, 4) is 5.75 Å². The number of hydrogen-bond acceptors (Lipinski definition) is 3. The quantitative estimate of drug-likeness (QED) is 0.593. The van der Waals surface area contributed by atoms with Crippen molar-refractivity contribution in [3.63, 3.8) is 0 Å². The minimum absolute atomic E-state index is 0.869. The van der Waals surface area contributed by atoms with Gasteiger partial charge in [-0.3, -0.25) is 0 Å². The first kappa shape index (κ1) is 12.4. The summed E-state index contributed by atoms with van der Waals surface area (Å²) in [5.41, 5.74) is 3.86. The zero-order valence-electron chi connectivity index (χ0n) is 9.63. The molecule has 3 heteroatoms. The molecule has 0 saturated heterocycles. The van der Waals surface area contributed by atoms with Crippen LogP contribution < -0.4 is 10.1 Å². The molecule has 0 spiro atoms. The molecule has 0 bridgehead atoms. The highest BCUT2D eigenvalue weighted by Gasteiger charge is 2.05. The van der Waals surface area contributed by atoms with E-state index >= 15 is 0 Å². The molecule has 0 aliphatic carbocycles. The summed E-state index contributed by atoms with van der Waals surface area (Å²) in [7, 11) is 1.71. The SMILES string of the molecule is COc1ccc(CNCCS)c(C)c1C. The maximum atomic E-state index is 5.27. The van der Waals surface area contributed by atoms with E-state index < -0.39 is 0 Å². The van der Waals surface area contributed by atoms with Crippen molar-refractivity contribution in [1.29, 1.82) is 0 Å². The molecule has 84 valence electrons. The molecule has 0 saturated carbocycles. The van der Waals surface area contributed by atoms with E-state index in [1.807, 2.05) is 6.07 Å². The van der Waals surface area contributed by atoms with Gasteiger partial charge in [0.25, 0.3) is 0 Å². The molecule has 0 fully saturated rings. The number of nitrogens with one attached hydrogen (secondary N) is 1. The van der Waals surface area contributed by atoms with E-state index in [4.69, 9.17) is 4.74 Å². The maximum absolute atomic E-state index is 5.27. The third kappa shape index (κ3) is 3.14. The molecular formula is C12H19NOS. The average Bonchev–Trinajstić information content (AvgIpc) is 2.25. The predicted octanol–water partition coefficient (Wildman–Crippen LogP) is 2.33. The van der Waals surface area contributed by atoms with Gasteiger partial charge >= 0.3 is 0 Å². The molecule has 0 aliphatic heterocycles. The van der Waals surface area contributed by atoms with Crippen LogP contribution in [0.1, 0.15) is 16.7 Å². The van der Waals surface area contributed by atoms with Crippen LogP contribution in [0.15, 0.2) is 12.1 Å². The van der Waals surface area contributed by atoms with Crippen LogP contribution in [0.4, 0.5) is 0 Å². The number of benzene rings is 1. The van der Waals surface area contributed by atoms with E-state index in [0.29, 0.717) is 0 Å². The smallest absolute Gasteiger partial charge is 0.122 e. The van der Waals surface area contributed by atoms with Gasteiger partial charge in [0, 0.05) is 18.8 Å². The Morgan fingerprint density at radius 1 is 1.27 bits per heavy atom. The molecule has 1 aromatic carbocycles. The van der Waals surface area contributed by atoms with Gasteiger partial charge in [-0.15, -0.1) is 0 Å². The number of thiol groups is 1. The summed E-state index contributed by atoms with van der Waals surface area (Å²) in [6.07, 6.45) is 0. The number of rotatable bonds is 5. The Morgan fingerprint density at radius 3 is 2.60 bits per heavy atom. The van der Waals surface area contributed by atoms with Gasteiger partial charge in [0.15, 0.2) is 0 Å². The highest BCUT2D eigenvalue weighted by Crippen LogP contribution is 2.23. The molecule has 0 radical (unpaired) electrons. The van der Waals surface area contributed by atoms with Crippen LogP contribution in [0.2, 0.25) is 0 Å². The highest BCUT2D eigenvalue weighted by atomic mass is 32.1. The van der Waals surface area contributed by atoms with Gasteiger partial charge in [-0.1, -0.05) is 6.07 Å². The van der Waals surface area contributed by atoms with E-state index in [9.17, 15) is 0 Å². The Bertz CT molecular complexity index is 326. The molecule has 0 heterocycles. The zero-order chi connectivity index (χ0) is 11.3. The van der Waals surface area contributed by atoms with Crippen LogP contribution >= 0.6 is 12.6 Å². The second-order valence-electron chi connectivity index (χ2n) is 3.58. The second-order valence-corrected chi connectivity index (χ2v) is 4.02. The van der Waals surface area contributed by atoms with Gasteiger partial charge in [0.05, 0.1) is 7.11 Å². The molecule has 0 aromatic heterocycles. The predicted molar refractivity (Wildman–Crippen MR) is 68.0 cm³/mol. The zero-order valence-corrected chi connectivity index (χ0v) is 10.5. The molecule has 0 amide bonds. The number of ether oxygens (including phenoxy) is 1. The summed E-state index contributed by atoms with van der Waals surface area (Å²) >= 11 is 4.16. The van der Waals surface area contributed by atoms with Gasteiger partial charge in [-0.05, 0) is 36.6 Å². The van der Waals surface area contributed by atoms with Crippen LogP contribution in [0.25, 0.3) is 0 Å². The number of methoxy groups -OCH3 is 1. The third-order valence-corrected chi connectivity index (χ3v) is 2.90. The molecule has 1 aromatic rings. The Balaban J connectivity index is 2.77. The molecule has 1 rings (SSSR count). The lowest BCUT2D eigenvalue weighted by Gasteiger charge is -2.12. The Kier molecular flexibility index (Phi) is 4.99. The fourth-order valence-corrected chi connectivity index (χ4v) is 1.72. The first-order valence-electron chi connectivity index (χ1n) is 5.15. The summed E-state index contributed by atoms with van der Waals surface area (Å²) in [4.78, 5) is 0. The van der Waals surface area contributed by atoms with E-state index in [-0.39, 0.29) is 0 Å². The van der Waals surface area contributed by atoms with Crippen LogP contribution in [0.3, 0.4) is 0 Å². The van der Waals surface area contributed by atoms with Crippen molar-refractivity contribution < 1.29 is 4.74 Å². The highest BCUT2D eigenvalue weighted by molar-refractivity contribution is 7.80. The topological polar surface area (TPSA) is 21.3 Å². The summed E-state index contributed by atoms with van der Waals surface area (Å²) in [5.74, 6) is 1.83. The lowest BCUT2D eigenvalue weighted by atomic mass is 10.0. The van der Waals surface area contributed by atoms with Gasteiger partial charge in [0.2, 0.25) is 0 Å². The van der Waals surface area contributed by atoms with Gasteiger partial charge in [-0.25, -0.2) is 0 Å². The summed E-state index contributed by atoms with van der Waals surface area (Å²) in [5, 5.41) is 3.34. The van der Waals surface area contributed by atoms with Crippen LogP contribution in [0, 0.1) is 13.8 Å². The monoisotopic (exact) mass is 225 g/mol. The van der Waals surface area contributed by atoms with Gasteiger partial charge in [0.1, 0.15) is 5.75 Å². The first-order chi connectivity index (χ1) is 7.20. The lowest BCUT2D eigenvalue weighted by Crippen LogP contribution is -2.16. The van der Waals surface area contributed by atoms with Crippen molar-refractivity contribution in [2.24, 2.45) is 0 Å². The van der Waals surface area contributed by atoms with Crippen molar-refractivity contribution in [3.05, 3.63) is 28.8 Å². The van der Waals surface area contributed by atoms with E-state index in [1.54, 1.807) is 7.11 Å². The summed E-state index contributed by atoms with van der Waals surface area (Å²) in [6.45, 7) is 6.07. The van der Waals surface area contributed by atoms with Crippen molar-refractivity contribution in [2.75, 3.05) is 19.4 Å². The Labute approximate surface area is 97.4 Å². The summed E-state index contributed by atoms with van der Waals surface area (Å²) < 4.78 is 5.27. The van der Waals surface area contributed by atoms with Crippen molar-refractivity contribution in [2.45, 2.75) is 20.4 Å². The van der Waals surface area contributed by atoms with E-state index in [2.05, 4.69) is 37.9 Å². The largest absolute Gasteiger partial charge is 0.496 e. The fourth-order valence-electron chi connectivity index (χ4n) is 1.57. The molecular weight excluding hydrogens is 206 g/mol. The Morgan fingerprint density at radius 2 is 2.00 bits per heavy atom. The van der Waals surface area contributed by atoms with E-state index in [1.165, 1.54) is 16.7 Å². The molecule has 0 atom stereocenters. The molecule has 1 N–H and O–H groups in total. The first-order valence-corrected chi connectivity index (χ1v) is 5.78. The normalized spacial score (nSPS) is 10.4. The minimum Gasteiger partial charge on any atom is -0.496 e. The fraction of sp³-hybridized carbons (Fsp3) is 0.500. The van der Waals surface area contributed by atoms with Gasteiger partial charge in [-0.2, -0.15) is 12.6 Å². The molecule has 2 nitrogen and oxygen atoms in total. The summed E-state index contributed by atoms with van der Waals surface area (Å²) in [6, 6.07) is 4.15. The Hall–Kier alpha value is -0.670. The lowest BCUT2D eigenvalue weighted by molar-refractivity contribution is 0.411. The molecule has 15 heavy (non-hydrogen) atoms. The van der Waals surface area contributed by atoms with Crippen LogP contribution in [-0.4, -0.2) is 19.4 Å². The average molecular weight is 225 g/mol. The standard InChI is InChI=1S/C12H19NOS/c1-9-10(2)12(14-3)5-4-11(9)8-13-6-7-15/h4-5,13,15H,6-8H2,1-3H3. The molecule has 0 unspecified atom stereocenters. The van der Waals surface area contributed by atoms with Crippen molar-refractivity contribution >= 4 is 12.6 Å². The second kappa shape index (κ2) is 6.03. The van der Waals surface area contributed by atoms with Crippen molar-refractivity contribution in [1.82, 2.24) is 5.32 Å². The van der Waals surface area contributed by atoms with Crippen LogP contribution in [-0.2, 0) is 6.54 Å². The number of hydrogen-bond donors (Lipinski definition) is 2. The third-order valence-electron chi connectivity index (χ3n) is 2.67. The minimum atomic E-state index is 0.869. The van der Waals surface area contributed by atoms with E-state index in [0.717, 1.165) is 24.6 Å².